The molecule has 1 aromatic carbocycles. The summed E-state index contributed by atoms with van der Waals surface area (Å²) in [7, 11) is 0. The number of rotatable bonds is 6. The number of nitrogens with zero attached hydrogens (tertiary/aromatic N) is 1. The first kappa shape index (κ1) is 15.1. The molecule has 0 N–H and O–H groups in total. The first-order valence-electron chi connectivity index (χ1n) is 7.03. The molecule has 0 bridgehead atoms. The lowest BCUT2D eigenvalue weighted by atomic mass is 10.1. The van der Waals surface area contributed by atoms with E-state index in [2.05, 4.69) is 0 Å². The van der Waals surface area contributed by atoms with Crippen LogP contribution in [0.1, 0.15) is 19.4 Å². The van der Waals surface area contributed by atoms with E-state index in [-0.39, 0.29) is 24.9 Å². The van der Waals surface area contributed by atoms with Crippen LogP contribution in [0.5, 0.6) is 0 Å². The van der Waals surface area contributed by atoms with E-state index in [0.29, 0.717) is 13.2 Å². The Morgan fingerprint density at radius 3 is 2.43 bits per heavy atom. The summed E-state index contributed by atoms with van der Waals surface area (Å²) < 4.78 is 11.8. The van der Waals surface area contributed by atoms with Crippen molar-refractivity contribution in [3.63, 3.8) is 0 Å². The lowest BCUT2D eigenvalue weighted by Gasteiger charge is -2.04. The second-order valence-electron chi connectivity index (χ2n) is 4.59. The number of hydrogen-bond acceptors (Lipinski definition) is 4. The smallest absolute Gasteiger partial charge is 0.325 e. The molecule has 0 spiro atoms. The molecule has 0 atom stereocenters. The Kier molecular flexibility index (Phi) is 4.98. The topological polar surface area (TPSA) is 57.5 Å². The van der Waals surface area contributed by atoms with Gasteiger partial charge < -0.3 is 14.0 Å². The normalized spacial score (nSPS) is 10.6. The molecule has 1 aromatic heterocycles. The highest BCUT2D eigenvalue weighted by Crippen LogP contribution is 2.22. The molecule has 0 aliphatic carbocycles. The summed E-state index contributed by atoms with van der Waals surface area (Å²) in [6, 6.07) is 7.67. The second-order valence-corrected chi connectivity index (χ2v) is 4.59. The summed E-state index contributed by atoms with van der Waals surface area (Å²) in [5.74, 6) is -0.558. The van der Waals surface area contributed by atoms with Gasteiger partial charge in [-0.05, 0) is 25.5 Å². The summed E-state index contributed by atoms with van der Waals surface area (Å²) in [5.41, 5.74) is 1.76. The third-order valence-corrected chi connectivity index (χ3v) is 3.12. The van der Waals surface area contributed by atoms with E-state index < -0.39 is 0 Å². The number of fused-ring (bicyclic) bond motifs is 1. The van der Waals surface area contributed by atoms with E-state index in [4.69, 9.17) is 9.47 Å². The molecule has 0 fully saturated rings. The fourth-order valence-electron chi connectivity index (χ4n) is 2.31. The van der Waals surface area contributed by atoms with Gasteiger partial charge in [-0.2, -0.15) is 0 Å². The van der Waals surface area contributed by atoms with Gasteiger partial charge in [-0.3, -0.25) is 9.59 Å². The van der Waals surface area contributed by atoms with Gasteiger partial charge in [-0.25, -0.2) is 0 Å². The maximum Gasteiger partial charge on any atom is 0.325 e. The summed E-state index contributed by atoms with van der Waals surface area (Å²) in [6.07, 6.45) is 2.02. The predicted molar refractivity (Wildman–Crippen MR) is 78.9 cm³/mol. The number of esters is 2. The third kappa shape index (κ3) is 3.62. The van der Waals surface area contributed by atoms with Crippen molar-refractivity contribution in [3.8, 4) is 0 Å². The molecule has 0 saturated carbocycles. The lowest BCUT2D eigenvalue weighted by molar-refractivity contribution is -0.144. The monoisotopic (exact) mass is 289 g/mol. The van der Waals surface area contributed by atoms with Gasteiger partial charge in [0.05, 0.1) is 19.6 Å². The lowest BCUT2D eigenvalue weighted by Crippen LogP contribution is -2.12. The molecule has 2 rings (SSSR count). The number of carbonyl (C=O) groups excluding carboxylic acids is 2. The van der Waals surface area contributed by atoms with Gasteiger partial charge >= 0.3 is 11.9 Å². The van der Waals surface area contributed by atoms with Crippen molar-refractivity contribution in [3.05, 3.63) is 36.0 Å². The molecular weight excluding hydrogens is 270 g/mol. The van der Waals surface area contributed by atoms with Gasteiger partial charge in [-0.15, -0.1) is 0 Å². The molecule has 0 saturated heterocycles. The summed E-state index contributed by atoms with van der Waals surface area (Å²) in [4.78, 5) is 23.3. The number of para-hydroxylation sites is 1. The molecule has 0 aliphatic heterocycles. The van der Waals surface area contributed by atoms with E-state index in [0.717, 1.165) is 16.5 Å². The van der Waals surface area contributed by atoms with Crippen LogP contribution >= 0.6 is 0 Å². The minimum Gasteiger partial charge on any atom is -0.466 e. The maximum atomic E-state index is 11.7. The van der Waals surface area contributed by atoms with Crippen LogP contribution in [-0.2, 0) is 32.0 Å². The van der Waals surface area contributed by atoms with Gasteiger partial charge in [-0.1, -0.05) is 18.2 Å². The molecule has 0 radical (unpaired) electrons. The first-order chi connectivity index (χ1) is 10.2. The van der Waals surface area contributed by atoms with Crippen LogP contribution in [0.15, 0.2) is 30.5 Å². The zero-order chi connectivity index (χ0) is 15.2. The minimum atomic E-state index is -0.291. The Hall–Kier alpha value is -2.30. The highest BCUT2D eigenvalue weighted by Gasteiger charge is 2.14. The quantitative estimate of drug-likeness (QED) is 0.766. The molecule has 5 heteroatoms. The Labute approximate surface area is 123 Å². The number of aromatic nitrogens is 1. The molecule has 0 amide bonds. The molecule has 2 aromatic rings. The fourth-order valence-corrected chi connectivity index (χ4v) is 2.31. The minimum absolute atomic E-state index is 0.136. The summed E-state index contributed by atoms with van der Waals surface area (Å²) in [5, 5.41) is 0.954. The molecule has 5 nitrogen and oxygen atoms in total. The number of carbonyl (C=O) groups is 2. The maximum absolute atomic E-state index is 11.7. The Bertz CT molecular complexity index is 591. The van der Waals surface area contributed by atoms with Crippen molar-refractivity contribution < 1.29 is 19.1 Å². The van der Waals surface area contributed by atoms with Crippen molar-refractivity contribution in [1.82, 2.24) is 4.57 Å². The van der Waals surface area contributed by atoms with Gasteiger partial charge in [0, 0.05) is 17.1 Å². The standard InChI is InChI=1S/C16H19NO4/c1-3-20-15(18)9-12-10-17(11-16(19)21-4-2)14-8-6-5-7-13(12)14/h5-8,10H,3-4,9,11H2,1-2H3. The number of benzene rings is 1. The number of ether oxygens (including phenoxy) is 2. The molecule has 0 aliphatic rings. The highest BCUT2D eigenvalue weighted by molar-refractivity contribution is 5.88. The van der Waals surface area contributed by atoms with Crippen LogP contribution in [-0.4, -0.2) is 29.7 Å². The van der Waals surface area contributed by atoms with Crippen LogP contribution in [0.3, 0.4) is 0 Å². The summed E-state index contributed by atoms with van der Waals surface area (Å²) in [6.45, 7) is 4.41. The van der Waals surface area contributed by atoms with Crippen molar-refractivity contribution >= 4 is 22.8 Å². The molecule has 0 unspecified atom stereocenters. The van der Waals surface area contributed by atoms with E-state index in [1.807, 2.05) is 35.0 Å². The van der Waals surface area contributed by atoms with Crippen molar-refractivity contribution in [2.45, 2.75) is 26.8 Å². The van der Waals surface area contributed by atoms with Crippen molar-refractivity contribution in [2.75, 3.05) is 13.2 Å². The second kappa shape index (κ2) is 6.92. The molecule has 21 heavy (non-hydrogen) atoms. The Balaban J connectivity index is 2.30. The zero-order valence-electron chi connectivity index (χ0n) is 12.3. The van der Waals surface area contributed by atoms with Crippen molar-refractivity contribution in [1.29, 1.82) is 0 Å². The molecular formula is C16H19NO4. The largest absolute Gasteiger partial charge is 0.466 e. The number of hydrogen-bond donors (Lipinski definition) is 0. The van der Waals surface area contributed by atoms with Crippen LogP contribution in [0.2, 0.25) is 0 Å². The van der Waals surface area contributed by atoms with Crippen LogP contribution in [0, 0.1) is 0 Å². The SMILES string of the molecule is CCOC(=O)Cc1cn(CC(=O)OCC)c2ccccc12. The summed E-state index contributed by atoms with van der Waals surface area (Å²) >= 11 is 0. The Morgan fingerprint density at radius 2 is 1.71 bits per heavy atom. The molecule has 1 heterocycles. The van der Waals surface area contributed by atoms with E-state index in [1.54, 1.807) is 13.8 Å². The van der Waals surface area contributed by atoms with Gasteiger partial charge in [0.2, 0.25) is 0 Å². The van der Waals surface area contributed by atoms with E-state index in [1.165, 1.54) is 0 Å². The predicted octanol–water partition coefficient (Wildman–Crippen LogP) is 2.31. The molecule has 112 valence electrons. The van der Waals surface area contributed by atoms with Gasteiger partial charge in [0.25, 0.3) is 0 Å². The van der Waals surface area contributed by atoms with Gasteiger partial charge in [0.15, 0.2) is 0 Å². The van der Waals surface area contributed by atoms with E-state index in [9.17, 15) is 9.59 Å². The van der Waals surface area contributed by atoms with Gasteiger partial charge in [0.1, 0.15) is 6.54 Å². The average Bonchev–Trinajstić information content (AvgIpc) is 2.78. The van der Waals surface area contributed by atoms with E-state index >= 15 is 0 Å². The van der Waals surface area contributed by atoms with Crippen molar-refractivity contribution in [2.24, 2.45) is 0 Å². The first-order valence-corrected chi connectivity index (χ1v) is 7.03. The average molecular weight is 289 g/mol. The fraction of sp³-hybridized carbons (Fsp3) is 0.375. The third-order valence-electron chi connectivity index (χ3n) is 3.12. The van der Waals surface area contributed by atoms with Crippen LogP contribution < -0.4 is 0 Å². The Morgan fingerprint density at radius 1 is 1.05 bits per heavy atom. The zero-order valence-corrected chi connectivity index (χ0v) is 12.3. The van der Waals surface area contributed by atoms with Crippen LogP contribution in [0.25, 0.3) is 10.9 Å². The van der Waals surface area contributed by atoms with Crippen LogP contribution in [0.4, 0.5) is 0 Å². The highest BCUT2D eigenvalue weighted by atomic mass is 16.5.